The molecule has 0 spiro atoms. The Bertz CT molecular complexity index is 359. The predicted octanol–water partition coefficient (Wildman–Crippen LogP) is 1.39. The number of rotatable bonds is 7. The van der Waals surface area contributed by atoms with Crippen LogP contribution >= 0.6 is 0 Å². The third-order valence-electron chi connectivity index (χ3n) is 2.32. The number of nitrogens with one attached hydrogen (secondary N) is 1. The van der Waals surface area contributed by atoms with Crippen molar-refractivity contribution in [1.29, 1.82) is 0 Å². The Morgan fingerprint density at radius 2 is 2.29 bits per heavy atom. The maximum atomic E-state index is 12.0. The van der Waals surface area contributed by atoms with Crippen LogP contribution in [0.1, 0.15) is 30.3 Å². The van der Waals surface area contributed by atoms with Gasteiger partial charge in [-0.25, -0.2) is 0 Å². The average Bonchev–Trinajstić information content (AvgIpc) is 2.86. The SMILES string of the molecule is CCCNC(CC(=O)OC)C(=O)c1ccco1. The minimum atomic E-state index is -0.589. The van der Waals surface area contributed by atoms with Crippen molar-refractivity contribution in [2.24, 2.45) is 0 Å². The van der Waals surface area contributed by atoms with E-state index in [9.17, 15) is 9.59 Å². The molecule has 17 heavy (non-hydrogen) atoms. The van der Waals surface area contributed by atoms with E-state index in [2.05, 4.69) is 10.1 Å². The quantitative estimate of drug-likeness (QED) is 0.575. The molecule has 1 N–H and O–H groups in total. The highest BCUT2D eigenvalue weighted by atomic mass is 16.5. The topological polar surface area (TPSA) is 68.5 Å². The van der Waals surface area contributed by atoms with Gasteiger partial charge in [0.2, 0.25) is 5.78 Å². The van der Waals surface area contributed by atoms with Crippen LogP contribution in [0.4, 0.5) is 0 Å². The maximum absolute atomic E-state index is 12.0. The van der Waals surface area contributed by atoms with E-state index in [0.29, 0.717) is 6.54 Å². The molecule has 1 rings (SSSR count). The lowest BCUT2D eigenvalue weighted by atomic mass is 10.1. The van der Waals surface area contributed by atoms with E-state index in [4.69, 9.17) is 4.42 Å². The zero-order valence-electron chi connectivity index (χ0n) is 10.1. The molecule has 1 aromatic rings. The van der Waals surface area contributed by atoms with E-state index in [1.54, 1.807) is 12.1 Å². The second-order valence-electron chi connectivity index (χ2n) is 3.63. The van der Waals surface area contributed by atoms with Crippen molar-refractivity contribution >= 4 is 11.8 Å². The van der Waals surface area contributed by atoms with Gasteiger partial charge in [0.05, 0.1) is 25.8 Å². The molecule has 0 aliphatic carbocycles. The van der Waals surface area contributed by atoms with Crippen LogP contribution in [0.2, 0.25) is 0 Å². The van der Waals surface area contributed by atoms with E-state index in [-0.39, 0.29) is 18.0 Å². The van der Waals surface area contributed by atoms with Crippen LogP contribution in [0, 0.1) is 0 Å². The first kappa shape index (κ1) is 13.4. The lowest BCUT2D eigenvalue weighted by Crippen LogP contribution is -2.39. The van der Waals surface area contributed by atoms with Gasteiger partial charge >= 0.3 is 5.97 Å². The first-order valence-corrected chi connectivity index (χ1v) is 5.57. The third kappa shape index (κ3) is 4.03. The minimum absolute atomic E-state index is 0.00995. The molecule has 1 heterocycles. The van der Waals surface area contributed by atoms with E-state index in [1.807, 2.05) is 6.92 Å². The van der Waals surface area contributed by atoms with Crippen molar-refractivity contribution in [2.75, 3.05) is 13.7 Å². The smallest absolute Gasteiger partial charge is 0.307 e. The molecule has 0 saturated heterocycles. The molecule has 0 radical (unpaired) electrons. The Hall–Kier alpha value is -1.62. The average molecular weight is 239 g/mol. The van der Waals surface area contributed by atoms with Gasteiger partial charge in [0.1, 0.15) is 0 Å². The number of hydrogen-bond donors (Lipinski definition) is 1. The van der Waals surface area contributed by atoms with Crippen LogP contribution in [0.25, 0.3) is 0 Å². The van der Waals surface area contributed by atoms with Crippen molar-refractivity contribution in [2.45, 2.75) is 25.8 Å². The zero-order valence-corrected chi connectivity index (χ0v) is 10.1. The van der Waals surface area contributed by atoms with Gasteiger partial charge < -0.3 is 14.5 Å². The molecule has 0 aromatic carbocycles. The molecule has 0 bridgehead atoms. The van der Waals surface area contributed by atoms with E-state index in [0.717, 1.165) is 6.42 Å². The highest BCUT2D eigenvalue weighted by molar-refractivity contribution is 5.99. The van der Waals surface area contributed by atoms with Gasteiger partial charge in [0.15, 0.2) is 5.76 Å². The van der Waals surface area contributed by atoms with Crippen LogP contribution in [-0.4, -0.2) is 31.4 Å². The number of methoxy groups -OCH3 is 1. The second kappa shape index (κ2) is 6.85. The number of carbonyl (C=O) groups excluding carboxylic acids is 2. The number of Topliss-reactive ketones (excluding diaryl/α,β-unsaturated/α-hetero) is 1. The predicted molar refractivity (Wildman–Crippen MR) is 61.8 cm³/mol. The number of hydrogen-bond acceptors (Lipinski definition) is 5. The monoisotopic (exact) mass is 239 g/mol. The normalized spacial score (nSPS) is 12.1. The highest BCUT2D eigenvalue weighted by Crippen LogP contribution is 2.08. The molecule has 5 nitrogen and oxygen atoms in total. The number of furan rings is 1. The van der Waals surface area contributed by atoms with Gasteiger partial charge in [-0.15, -0.1) is 0 Å². The summed E-state index contributed by atoms with van der Waals surface area (Å²) < 4.78 is 9.60. The van der Waals surface area contributed by atoms with Gasteiger partial charge in [-0.2, -0.15) is 0 Å². The largest absolute Gasteiger partial charge is 0.469 e. The number of esters is 1. The summed E-state index contributed by atoms with van der Waals surface area (Å²) in [5, 5.41) is 3.01. The molecule has 5 heteroatoms. The number of ketones is 1. The molecular weight excluding hydrogens is 222 g/mol. The molecule has 0 fully saturated rings. The molecule has 0 aliphatic heterocycles. The van der Waals surface area contributed by atoms with Crippen LogP contribution in [0.5, 0.6) is 0 Å². The summed E-state index contributed by atoms with van der Waals surface area (Å²) in [6.07, 6.45) is 2.32. The van der Waals surface area contributed by atoms with Gasteiger partial charge in [0.25, 0.3) is 0 Å². The van der Waals surface area contributed by atoms with Crippen molar-refractivity contribution in [3.8, 4) is 0 Å². The molecular formula is C12H17NO4. The molecule has 0 amide bonds. The first-order chi connectivity index (χ1) is 8.19. The van der Waals surface area contributed by atoms with Crippen LogP contribution in [0.3, 0.4) is 0 Å². The molecule has 1 unspecified atom stereocenters. The molecule has 0 saturated carbocycles. The fourth-order valence-electron chi connectivity index (χ4n) is 1.42. The summed E-state index contributed by atoms with van der Waals surface area (Å²) in [4.78, 5) is 23.2. The van der Waals surface area contributed by atoms with Crippen LogP contribution < -0.4 is 5.32 Å². The number of carbonyl (C=O) groups is 2. The summed E-state index contributed by atoms with van der Waals surface area (Å²) in [6.45, 7) is 2.65. The summed E-state index contributed by atoms with van der Waals surface area (Å²) >= 11 is 0. The van der Waals surface area contributed by atoms with Gasteiger partial charge in [-0.05, 0) is 25.1 Å². The number of ether oxygens (including phenoxy) is 1. The van der Waals surface area contributed by atoms with Crippen molar-refractivity contribution in [1.82, 2.24) is 5.32 Å². The Balaban J connectivity index is 2.68. The Morgan fingerprint density at radius 1 is 1.53 bits per heavy atom. The minimum Gasteiger partial charge on any atom is -0.469 e. The summed E-state index contributed by atoms with van der Waals surface area (Å²) in [6, 6.07) is 2.64. The first-order valence-electron chi connectivity index (χ1n) is 5.57. The molecule has 0 aliphatic rings. The Kier molecular flexibility index (Phi) is 5.42. The van der Waals surface area contributed by atoms with Gasteiger partial charge in [0, 0.05) is 0 Å². The van der Waals surface area contributed by atoms with Crippen molar-refractivity contribution < 1.29 is 18.7 Å². The van der Waals surface area contributed by atoms with Crippen molar-refractivity contribution in [3.05, 3.63) is 24.2 Å². The standard InChI is InChI=1S/C12H17NO4/c1-3-6-13-9(8-11(14)16-2)12(15)10-5-4-7-17-10/h4-5,7,9,13H,3,6,8H2,1-2H3. The Morgan fingerprint density at radius 3 is 2.82 bits per heavy atom. The molecule has 1 atom stereocenters. The summed E-state index contributed by atoms with van der Waals surface area (Å²) in [5.41, 5.74) is 0. The van der Waals surface area contributed by atoms with Gasteiger partial charge in [-0.1, -0.05) is 6.92 Å². The van der Waals surface area contributed by atoms with Crippen LogP contribution in [-0.2, 0) is 9.53 Å². The fourth-order valence-corrected chi connectivity index (χ4v) is 1.42. The van der Waals surface area contributed by atoms with Gasteiger partial charge in [-0.3, -0.25) is 9.59 Å². The maximum Gasteiger partial charge on any atom is 0.307 e. The summed E-state index contributed by atoms with van der Waals surface area (Å²) in [7, 11) is 1.30. The van der Waals surface area contributed by atoms with E-state index >= 15 is 0 Å². The molecule has 1 aromatic heterocycles. The van der Waals surface area contributed by atoms with Crippen LogP contribution in [0.15, 0.2) is 22.8 Å². The highest BCUT2D eigenvalue weighted by Gasteiger charge is 2.24. The third-order valence-corrected chi connectivity index (χ3v) is 2.32. The second-order valence-corrected chi connectivity index (χ2v) is 3.63. The van der Waals surface area contributed by atoms with E-state index in [1.165, 1.54) is 13.4 Å². The zero-order chi connectivity index (χ0) is 12.7. The Labute approximate surface area is 100 Å². The lowest BCUT2D eigenvalue weighted by Gasteiger charge is -2.14. The molecule has 94 valence electrons. The fraction of sp³-hybridized carbons (Fsp3) is 0.500. The lowest BCUT2D eigenvalue weighted by molar-refractivity contribution is -0.140. The summed E-state index contributed by atoms with van der Waals surface area (Å²) in [5.74, 6) is -0.394. The van der Waals surface area contributed by atoms with Crippen molar-refractivity contribution in [3.63, 3.8) is 0 Å². The van der Waals surface area contributed by atoms with E-state index < -0.39 is 12.0 Å².